The van der Waals surface area contributed by atoms with Gasteiger partial charge in [0.05, 0.1) is 4.92 Å². The van der Waals surface area contributed by atoms with Crippen molar-refractivity contribution in [1.29, 1.82) is 0 Å². The van der Waals surface area contributed by atoms with E-state index in [2.05, 4.69) is 4.98 Å². The number of ketones is 1. The van der Waals surface area contributed by atoms with E-state index in [-0.39, 0.29) is 11.5 Å². The number of aryl methyl sites for hydroxylation is 1. The van der Waals surface area contributed by atoms with Gasteiger partial charge in [-0.3, -0.25) is 14.9 Å². The number of hydrogen-bond donors (Lipinski definition) is 1. The number of allylic oxidation sites excluding steroid dienone is 1. The lowest BCUT2D eigenvalue weighted by Crippen LogP contribution is -2.01. The average molecular weight is 334 g/mol. The van der Waals surface area contributed by atoms with Crippen LogP contribution in [0.4, 0.5) is 5.69 Å². The highest BCUT2D eigenvalue weighted by atomic mass is 16.6. The lowest BCUT2D eigenvalue weighted by molar-refractivity contribution is -0.384. The minimum absolute atomic E-state index is 0.0138. The number of carbonyl (C=O) groups is 1. The predicted molar refractivity (Wildman–Crippen MR) is 98.5 cm³/mol. The molecule has 3 aromatic rings. The molecule has 0 aliphatic carbocycles. The molecule has 0 amide bonds. The first-order valence-corrected chi connectivity index (χ1v) is 7.98. The van der Waals surface area contributed by atoms with Gasteiger partial charge < -0.3 is 4.98 Å². The van der Waals surface area contributed by atoms with Crippen LogP contribution in [0.1, 0.15) is 23.7 Å². The van der Waals surface area contributed by atoms with Gasteiger partial charge in [0.25, 0.3) is 5.69 Å². The second kappa shape index (κ2) is 6.73. The van der Waals surface area contributed by atoms with E-state index in [0.29, 0.717) is 17.6 Å². The molecule has 0 saturated heterocycles. The number of carbonyl (C=O) groups excluding carboxylic acids is 1. The molecule has 0 fully saturated rings. The normalized spacial score (nSPS) is 11.7. The van der Waals surface area contributed by atoms with Crippen LogP contribution in [0.3, 0.4) is 0 Å². The Morgan fingerprint density at radius 2 is 1.96 bits per heavy atom. The summed E-state index contributed by atoms with van der Waals surface area (Å²) in [6.07, 6.45) is 2.21. The Bertz CT molecular complexity index is 999. The maximum atomic E-state index is 12.1. The summed E-state index contributed by atoms with van der Waals surface area (Å²) in [5.74, 6) is -0.0452. The van der Waals surface area contributed by atoms with E-state index in [1.165, 1.54) is 19.1 Å². The quantitative estimate of drug-likeness (QED) is 0.421. The van der Waals surface area contributed by atoms with Crippen LogP contribution in [-0.4, -0.2) is 15.7 Å². The summed E-state index contributed by atoms with van der Waals surface area (Å²) in [6, 6.07) is 14.3. The first kappa shape index (κ1) is 16.6. The lowest BCUT2D eigenvalue weighted by Gasteiger charge is -2.06. The summed E-state index contributed by atoms with van der Waals surface area (Å²) in [5, 5.41) is 12.0. The number of nitro benzene ring substituents is 1. The van der Waals surface area contributed by atoms with Crippen LogP contribution in [0, 0.1) is 17.0 Å². The molecule has 1 N–H and O–H groups in total. The molecule has 0 unspecified atom stereocenters. The second-order valence-corrected chi connectivity index (χ2v) is 6.03. The van der Waals surface area contributed by atoms with Gasteiger partial charge >= 0.3 is 0 Å². The number of aromatic amines is 1. The van der Waals surface area contributed by atoms with E-state index < -0.39 is 4.92 Å². The molecule has 0 saturated carbocycles. The first-order valence-electron chi connectivity index (χ1n) is 7.98. The van der Waals surface area contributed by atoms with Gasteiger partial charge in [0.2, 0.25) is 0 Å². The molecule has 2 aromatic carbocycles. The number of rotatable bonds is 5. The van der Waals surface area contributed by atoms with Crippen molar-refractivity contribution in [2.45, 2.75) is 20.3 Å². The number of fused-ring (bicyclic) bond motifs is 1. The van der Waals surface area contributed by atoms with Crippen LogP contribution < -0.4 is 0 Å². The third-order valence-corrected chi connectivity index (χ3v) is 4.27. The number of nitrogens with one attached hydrogen (secondary N) is 1. The van der Waals surface area contributed by atoms with Crippen molar-refractivity contribution in [2.24, 2.45) is 0 Å². The molecule has 5 heteroatoms. The highest BCUT2D eigenvalue weighted by molar-refractivity contribution is 5.99. The number of nitro groups is 1. The highest BCUT2D eigenvalue weighted by Gasteiger charge is 2.13. The van der Waals surface area contributed by atoms with Crippen LogP contribution in [0.5, 0.6) is 0 Å². The summed E-state index contributed by atoms with van der Waals surface area (Å²) in [6.45, 7) is 3.51. The zero-order chi connectivity index (χ0) is 18.0. The Labute approximate surface area is 145 Å². The number of para-hydroxylation sites is 1. The Morgan fingerprint density at radius 1 is 1.20 bits per heavy atom. The van der Waals surface area contributed by atoms with Crippen molar-refractivity contribution in [3.8, 4) is 0 Å². The van der Waals surface area contributed by atoms with Gasteiger partial charge in [-0.2, -0.15) is 0 Å². The van der Waals surface area contributed by atoms with Crippen LogP contribution in [0.2, 0.25) is 0 Å². The Morgan fingerprint density at radius 3 is 2.68 bits per heavy atom. The number of non-ortho nitro benzene ring substituents is 1. The van der Waals surface area contributed by atoms with Gasteiger partial charge in [-0.05, 0) is 42.7 Å². The highest BCUT2D eigenvalue weighted by Crippen LogP contribution is 2.26. The van der Waals surface area contributed by atoms with Crippen molar-refractivity contribution < 1.29 is 9.72 Å². The second-order valence-electron chi connectivity index (χ2n) is 6.03. The van der Waals surface area contributed by atoms with Gasteiger partial charge in [-0.25, -0.2) is 0 Å². The number of H-pyrrole nitrogens is 1. The smallest absolute Gasteiger partial charge is 0.270 e. The standard InChI is InChI=1S/C20H18N2O3/c1-13-19(18-8-3-4-9-20(18)21-13)12-16(14(2)23)10-15-6-5-7-17(11-15)22(24)25/h3-11,21H,12H2,1-2H3/b16-10-. The monoisotopic (exact) mass is 334 g/mol. The fourth-order valence-electron chi connectivity index (χ4n) is 2.96. The summed E-state index contributed by atoms with van der Waals surface area (Å²) in [7, 11) is 0. The van der Waals surface area contributed by atoms with Crippen LogP contribution in [-0.2, 0) is 11.2 Å². The Balaban J connectivity index is 2.02. The van der Waals surface area contributed by atoms with Crippen LogP contribution >= 0.6 is 0 Å². The summed E-state index contributed by atoms with van der Waals surface area (Å²) < 4.78 is 0. The van der Waals surface area contributed by atoms with E-state index in [9.17, 15) is 14.9 Å². The summed E-state index contributed by atoms with van der Waals surface area (Å²) in [4.78, 5) is 26.0. The molecular formula is C20H18N2O3. The first-order chi connectivity index (χ1) is 12.0. The maximum Gasteiger partial charge on any atom is 0.270 e. The number of hydrogen-bond acceptors (Lipinski definition) is 3. The average Bonchev–Trinajstić information content (AvgIpc) is 2.90. The Kier molecular flexibility index (Phi) is 4.48. The van der Waals surface area contributed by atoms with Crippen molar-refractivity contribution in [3.05, 3.63) is 81.0 Å². The molecular weight excluding hydrogens is 316 g/mol. The molecule has 0 aliphatic rings. The van der Waals surface area contributed by atoms with Gasteiger partial charge in [0.15, 0.2) is 5.78 Å². The molecule has 1 heterocycles. The fraction of sp³-hybridized carbons (Fsp3) is 0.150. The van der Waals surface area contributed by atoms with Gasteiger partial charge in [-0.15, -0.1) is 0 Å². The topological polar surface area (TPSA) is 76.0 Å². The number of nitrogens with zero attached hydrogens (tertiary/aromatic N) is 1. The molecule has 3 rings (SSSR count). The van der Waals surface area contributed by atoms with Crippen molar-refractivity contribution >= 4 is 28.4 Å². The van der Waals surface area contributed by atoms with E-state index >= 15 is 0 Å². The van der Waals surface area contributed by atoms with Gasteiger partial charge in [-0.1, -0.05) is 30.3 Å². The molecule has 5 nitrogen and oxygen atoms in total. The molecule has 0 radical (unpaired) electrons. The lowest BCUT2D eigenvalue weighted by atomic mass is 9.97. The SMILES string of the molecule is CC(=O)/C(=C\c1cccc([N+](=O)[O-])c1)Cc1c(C)[nH]c2ccccc12. The van der Waals surface area contributed by atoms with E-state index in [1.807, 2.05) is 31.2 Å². The van der Waals surface area contributed by atoms with Crippen molar-refractivity contribution in [1.82, 2.24) is 4.98 Å². The molecule has 25 heavy (non-hydrogen) atoms. The zero-order valence-electron chi connectivity index (χ0n) is 14.1. The molecule has 0 bridgehead atoms. The largest absolute Gasteiger partial charge is 0.358 e. The van der Waals surface area contributed by atoms with E-state index in [1.54, 1.807) is 18.2 Å². The van der Waals surface area contributed by atoms with Crippen LogP contribution in [0.25, 0.3) is 17.0 Å². The van der Waals surface area contributed by atoms with E-state index in [4.69, 9.17) is 0 Å². The fourth-order valence-corrected chi connectivity index (χ4v) is 2.96. The Hall–Kier alpha value is -3.21. The summed E-state index contributed by atoms with van der Waals surface area (Å²) in [5.41, 5.74) is 4.41. The third-order valence-electron chi connectivity index (χ3n) is 4.27. The summed E-state index contributed by atoms with van der Waals surface area (Å²) >= 11 is 0. The van der Waals surface area contributed by atoms with Crippen molar-refractivity contribution in [3.63, 3.8) is 0 Å². The minimum atomic E-state index is -0.436. The minimum Gasteiger partial charge on any atom is -0.358 e. The van der Waals surface area contributed by atoms with Gasteiger partial charge in [0.1, 0.15) is 0 Å². The molecule has 0 atom stereocenters. The molecule has 126 valence electrons. The van der Waals surface area contributed by atoms with Gasteiger partial charge in [0, 0.05) is 35.2 Å². The third kappa shape index (κ3) is 3.50. The molecule has 0 spiro atoms. The van der Waals surface area contributed by atoms with Crippen LogP contribution in [0.15, 0.2) is 54.1 Å². The zero-order valence-corrected chi connectivity index (χ0v) is 14.1. The molecule has 0 aliphatic heterocycles. The van der Waals surface area contributed by atoms with E-state index in [0.717, 1.165) is 22.2 Å². The number of aromatic nitrogens is 1. The number of Topliss-reactive ketones (excluding diaryl/α,β-unsaturated/α-hetero) is 1. The molecule has 1 aromatic heterocycles. The predicted octanol–water partition coefficient (Wildman–Crippen LogP) is 4.60. The van der Waals surface area contributed by atoms with Crippen molar-refractivity contribution in [2.75, 3.05) is 0 Å². The maximum absolute atomic E-state index is 12.1. The number of benzene rings is 2.